The molecule has 0 saturated heterocycles. The van der Waals surface area contributed by atoms with Crippen LogP contribution < -0.4 is 5.73 Å². The molecule has 4 heteroatoms. The fraction of sp³-hybridized carbons (Fsp3) is 0.143. The standard InChI is InChI=1S/C14H12F3N/c1-9-7-11(14(15,16)17)5-6-13(9)10-3-2-4-12(18)8-10/h2-8H,18H2,1H3. The zero-order valence-corrected chi connectivity index (χ0v) is 9.75. The van der Waals surface area contributed by atoms with Crippen LogP contribution in [0.4, 0.5) is 18.9 Å². The van der Waals surface area contributed by atoms with Crippen LogP contribution in [0, 0.1) is 6.92 Å². The van der Waals surface area contributed by atoms with E-state index in [1.165, 1.54) is 6.07 Å². The van der Waals surface area contributed by atoms with E-state index in [9.17, 15) is 13.2 Å². The number of aryl methyl sites for hydroxylation is 1. The van der Waals surface area contributed by atoms with Gasteiger partial charge in [0.15, 0.2) is 0 Å². The Morgan fingerprint density at radius 1 is 1.00 bits per heavy atom. The zero-order chi connectivity index (χ0) is 13.3. The van der Waals surface area contributed by atoms with E-state index < -0.39 is 11.7 Å². The van der Waals surface area contributed by atoms with E-state index in [2.05, 4.69) is 0 Å². The highest BCUT2D eigenvalue weighted by Gasteiger charge is 2.30. The Hall–Kier alpha value is -1.97. The molecule has 1 nitrogen and oxygen atoms in total. The van der Waals surface area contributed by atoms with Crippen molar-refractivity contribution in [2.45, 2.75) is 13.1 Å². The van der Waals surface area contributed by atoms with Gasteiger partial charge in [-0.05, 0) is 47.9 Å². The third kappa shape index (κ3) is 2.47. The summed E-state index contributed by atoms with van der Waals surface area (Å²) in [5.41, 5.74) is 7.78. The molecule has 0 heterocycles. The largest absolute Gasteiger partial charge is 0.416 e. The van der Waals surface area contributed by atoms with Gasteiger partial charge in [0.25, 0.3) is 0 Å². The van der Waals surface area contributed by atoms with Gasteiger partial charge in [0.05, 0.1) is 5.56 Å². The number of anilines is 1. The first kappa shape index (κ1) is 12.5. The minimum atomic E-state index is -4.31. The zero-order valence-electron chi connectivity index (χ0n) is 9.75. The third-order valence-corrected chi connectivity index (χ3v) is 2.75. The summed E-state index contributed by atoms with van der Waals surface area (Å²) < 4.78 is 37.6. The Kier molecular flexibility index (Phi) is 3.03. The molecule has 2 N–H and O–H groups in total. The van der Waals surface area contributed by atoms with Crippen molar-refractivity contribution < 1.29 is 13.2 Å². The van der Waals surface area contributed by atoms with Gasteiger partial charge in [0, 0.05) is 5.69 Å². The van der Waals surface area contributed by atoms with E-state index in [-0.39, 0.29) is 0 Å². The molecule has 0 atom stereocenters. The Morgan fingerprint density at radius 3 is 2.28 bits per heavy atom. The van der Waals surface area contributed by atoms with Gasteiger partial charge in [-0.15, -0.1) is 0 Å². The molecule has 0 unspecified atom stereocenters. The molecule has 0 amide bonds. The van der Waals surface area contributed by atoms with Gasteiger partial charge in [0.1, 0.15) is 0 Å². The lowest BCUT2D eigenvalue weighted by Gasteiger charge is -2.11. The number of rotatable bonds is 1. The number of nitrogen functional groups attached to an aromatic ring is 1. The second-order valence-electron chi connectivity index (χ2n) is 4.15. The smallest absolute Gasteiger partial charge is 0.399 e. The van der Waals surface area contributed by atoms with Crippen LogP contribution in [0.15, 0.2) is 42.5 Å². The molecule has 0 aliphatic rings. The van der Waals surface area contributed by atoms with E-state index in [4.69, 9.17) is 5.73 Å². The molecule has 0 fully saturated rings. The summed E-state index contributed by atoms with van der Waals surface area (Å²) in [5.74, 6) is 0. The Bertz CT molecular complexity index is 573. The highest BCUT2D eigenvalue weighted by Crippen LogP contribution is 2.33. The predicted molar refractivity (Wildman–Crippen MR) is 66.0 cm³/mol. The minimum absolute atomic E-state index is 0.579. The first-order valence-electron chi connectivity index (χ1n) is 5.42. The number of hydrogen-bond acceptors (Lipinski definition) is 1. The van der Waals surface area contributed by atoms with Crippen LogP contribution in [-0.4, -0.2) is 0 Å². The Morgan fingerprint density at radius 2 is 1.72 bits per heavy atom. The van der Waals surface area contributed by atoms with Crippen molar-refractivity contribution in [3.05, 3.63) is 53.6 Å². The summed E-state index contributed by atoms with van der Waals surface area (Å²) in [6, 6.07) is 10.8. The molecule has 0 spiro atoms. The second kappa shape index (κ2) is 4.37. The van der Waals surface area contributed by atoms with Crippen LogP contribution in [0.1, 0.15) is 11.1 Å². The molecule has 0 aliphatic carbocycles. The highest BCUT2D eigenvalue weighted by atomic mass is 19.4. The molecular weight excluding hydrogens is 239 g/mol. The van der Waals surface area contributed by atoms with Crippen molar-refractivity contribution in [3.63, 3.8) is 0 Å². The van der Waals surface area contributed by atoms with Gasteiger partial charge in [-0.3, -0.25) is 0 Å². The van der Waals surface area contributed by atoms with Crippen molar-refractivity contribution in [3.8, 4) is 11.1 Å². The molecule has 0 aromatic heterocycles. The quantitative estimate of drug-likeness (QED) is 0.753. The normalized spacial score (nSPS) is 11.6. The molecule has 0 radical (unpaired) electrons. The first-order valence-corrected chi connectivity index (χ1v) is 5.42. The van der Waals surface area contributed by atoms with Gasteiger partial charge >= 0.3 is 6.18 Å². The van der Waals surface area contributed by atoms with Crippen molar-refractivity contribution in [2.75, 3.05) is 5.73 Å². The summed E-state index contributed by atoms with van der Waals surface area (Å²) in [5, 5.41) is 0. The maximum Gasteiger partial charge on any atom is 0.416 e. The molecule has 18 heavy (non-hydrogen) atoms. The lowest BCUT2D eigenvalue weighted by molar-refractivity contribution is -0.137. The Labute approximate surface area is 103 Å². The number of alkyl halides is 3. The van der Waals surface area contributed by atoms with E-state index in [1.54, 1.807) is 25.1 Å². The van der Waals surface area contributed by atoms with Crippen LogP contribution in [0.3, 0.4) is 0 Å². The summed E-state index contributed by atoms with van der Waals surface area (Å²) >= 11 is 0. The van der Waals surface area contributed by atoms with E-state index in [0.717, 1.165) is 23.3 Å². The first-order chi connectivity index (χ1) is 8.38. The molecule has 0 aliphatic heterocycles. The van der Waals surface area contributed by atoms with Crippen LogP contribution in [0.25, 0.3) is 11.1 Å². The Balaban J connectivity index is 2.48. The maximum absolute atomic E-state index is 12.5. The molecule has 2 rings (SSSR count). The second-order valence-corrected chi connectivity index (χ2v) is 4.15. The molecule has 2 aromatic carbocycles. The van der Waals surface area contributed by atoms with Crippen LogP contribution >= 0.6 is 0 Å². The van der Waals surface area contributed by atoms with Gasteiger partial charge in [0.2, 0.25) is 0 Å². The van der Waals surface area contributed by atoms with Crippen molar-refractivity contribution in [1.29, 1.82) is 0 Å². The molecule has 2 aromatic rings. The summed E-state index contributed by atoms with van der Waals surface area (Å²) in [6.45, 7) is 1.66. The maximum atomic E-state index is 12.5. The van der Waals surface area contributed by atoms with E-state index in [1.807, 2.05) is 6.07 Å². The molecule has 0 bridgehead atoms. The SMILES string of the molecule is Cc1cc(C(F)(F)F)ccc1-c1cccc(N)c1. The van der Waals surface area contributed by atoms with Gasteiger partial charge in [-0.25, -0.2) is 0 Å². The predicted octanol–water partition coefficient (Wildman–Crippen LogP) is 4.26. The molecule has 94 valence electrons. The average Bonchev–Trinajstić information content (AvgIpc) is 2.27. The highest BCUT2D eigenvalue weighted by molar-refractivity contribution is 5.70. The fourth-order valence-corrected chi connectivity index (χ4v) is 1.87. The van der Waals surface area contributed by atoms with Crippen molar-refractivity contribution in [2.24, 2.45) is 0 Å². The van der Waals surface area contributed by atoms with Crippen molar-refractivity contribution in [1.82, 2.24) is 0 Å². The van der Waals surface area contributed by atoms with Crippen LogP contribution in [0.5, 0.6) is 0 Å². The average molecular weight is 251 g/mol. The summed E-state index contributed by atoms with van der Waals surface area (Å²) in [4.78, 5) is 0. The number of nitrogens with two attached hydrogens (primary N) is 1. The van der Waals surface area contributed by atoms with Crippen LogP contribution in [0.2, 0.25) is 0 Å². The van der Waals surface area contributed by atoms with Crippen molar-refractivity contribution >= 4 is 5.69 Å². The number of halogens is 3. The summed E-state index contributed by atoms with van der Waals surface area (Å²) in [7, 11) is 0. The fourth-order valence-electron chi connectivity index (χ4n) is 1.87. The third-order valence-electron chi connectivity index (χ3n) is 2.75. The summed E-state index contributed by atoms with van der Waals surface area (Å²) in [6.07, 6.45) is -4.31. The van der Waals surface area contributed by atoms with Gasteiger partial charge < -0.3 is 5.73 Å². The monoisotopic (exact) mass is 251 g/mol. The molecular formula is C14H12F3N. The van der Waals surface area contributed by atoms with Crippen LogP contribution in [-0.2, 0) is 6.18 Å². The minimum Gasteiger partial charge on any atom is -0.399 e. The molecule has 0 saturated carbocycles. The van der Waals surface area contributed by atoms with E-state index >= 15 is 0 Å². The van der Waals surface area contributed by atoms with Gasteiger partial charge in [-0.2, -0.15) is 13.2 Å². The number of hydrogen-bond donors (Lipinski definition) is 1. The number of benzene rings is 2. The topological polar surface area (TPSA) is 26.0 Å². The van der Waals surface area contributed by atoms with E-state index in [0.29, 0.717) is 11.3 Å². The lowest BCUT2D eigenvalue weighted by Crippen LogP contribution is -2.05. The lowest BCUT2D eigenvalue weighted by atomic mass is 9.98. The van der Waals surface area contributed by atoms with Gasteiger partial charge in [-0.1, -0.05) is 18.2 Å².